The highest BCUT2D eigenvalue weighted by Gasteiger charge is 2.26. The van der Waals surface area contributed by atoms with Crippen LogP contribution in [0.5, 0.6) is 0 Å². The number of nitrogens with zero attached hydrogens (tertiary/aromatic N) is 3. The van der Waals surface area contributed by atoms with Gasteiger partial charge in [0.2, 0.25) is 5.95 Å². The maximum atomic E-state index is 12.0. The molecule has 1 aromatic heterocycles. The highest BCUT2D eigenvalue weighted by molar-refractivity contribution is 5.82. The number of rotatable bonds is 6. The summed E-state index contributed by atoms with van der Waals surface area (Å²) in [5.41, 5.74) is 2.88. The molecule has 6 heteroatoms. The van der Waals surface area contributed by atoms with Crippen LogP contribution in [0.3, 0.4) is 0 Å². The van der Waals surface area contributed by atoms with Gasteiger partial charge < -0.3 is 5.32 Å². The Kier molecular flexibility index (Phi) is 5.25. The van der Waals surface area contributed by atoms with E-state index in [0.717, 1.165) is 5.56 Å². The summed E-state index contributed by atoms with van der Waals surface area (Å²) in [6.07, 6.45) is 0. The van der Waals surface area contributed by atoms with Gasteiger partial charge in [0, 0.05) is 17.7 Å². The minimum absolute atomic E-state index is 0.104. The van der Waals surface area contributed by atoms with Crippen LogP contribution in [0.1, 0.15) is 5.56 Å². The fourth-order valence-electron chi connectivity index (χ4n) is 3.08. The van der Waals surface area contributed by atoms with E-state index in [1.54, 1.807) is 0 Å². The monoisotopic (exact) mass is 382 g/mol. The van der Waals surface area contributed by atoms with E-state index in [-0.39, 0.29) is 5.69 Å². The molecule has 0 unspecified atom stereocenters. The van der Waals surface area contributed by atoms with Gasteiger partial charge in [0.05, 0.1) is 4.92 Å². The van der Waals surface area contributed by atoms with Gasteiger partial charge in [-0.1, -0.05) is 91.0 Å². The Morgan fingerprint density at radius 2 is 1.17 bits per heavy atom. The smallest absolute Gasteiger partial charge is 0.321 e. The molecule has 0 radical (unpaired) electrons. The number of hydrogen-bond acceptors (Lipinski definition) is 5. The Bertz CT molecular complexity index is 1060. The van der Waals surface area contributed by atoms with Crippen LogP contribution in [0, 0.1) is 10.1 Å². The van der Waals surface area contributed by atoms with Gasteiger partial charge >= 0.3 is 5.69 Å². The molecule has 0 atom stereocenters. The van der Waals surface area contributed by atoms with Crippen LogP contribution in [0.2, 0.25) is 0 Å². The lowest BCUT2D eigenvalue weighted by molar-refractivity contribution is -0.383. The summed E-state index contributed by atoms with van der Waals surface area (Å²) in [5.74, 6) is 0.345. The Labute approximate surface area is 168 Å². The summed E-state index contributed by atoms with van der Waals surface area (Å²) in [7, 11) is 0. The SMILES string of the molecule is O=[N+]([O-])c1c(-c2ccccc2)nc(NCc2ccccc2)nc1-c1ccccc1. The topological polar surface area (TPSA) is 81.0 Å². The van der Waals surface area contributed by atoms with Crippen LogP contribution in [-0.4, -0.2) is 14.9 Å². The van der Waals surface area contributed by atoms with Crippen LogP contribution >= 0.6 is 0 Å². The van der Waals surface area contributed by atoms with Crippen molar-refractivity contribution in [2.45, 2.75) is 6.54 Å². The van der Waals surface area contributed by atoms with Crippen molar-refractivity contribution in [1.29, 1.82) is 0 Å². The third-order valence-electron chi connectivity index (χ3n) is 4.45. The van der Waals surface area contributed by atoms with Gasteiger partial charge in [-0.05, 0) is 5.56 Å². The van der Waals surface area contributed by atoms with Gasteiger partial charge in [0.15, 0.2) is 11.4 Å². The molecule has 0 spiro atoms. The van der Waals surface area contributed by atoms with Gasteiger partial charge in [0.25, 0.3) is 0 Å². The lowest BCUT2D eigenvalue weighted by Crippen LogP contribution is -2.08. The Morgan fingerprint density at radius 3 is 1.62 bits per heavy atom. The summed E-state index contributed by atoms with van der Waals surface area (Å²) in [6, 6.07) is 28.2. The zero-order valence-electron chi connectivity index (χ0n) is 15.5. The van der Waals surface area contributed by atoms with Crippen molar-refractivity contribution in [2.24, 2.45) is 0 Å². The number of anilines is 1. The highest BCUT2D eigenvalue weighted by Crippen LogP contribution is 2.37. The van der Waals surface area contributed by atoms with Crippen LogP contribution in [0.15, 0.2) is 91.0 Å². The van der Waals surface area contributed by atoms with E-state index in [4.69, 9.17) is 0 Å². The molecule has 142 valence electrons. The quantitative estimate of drug-likeness (QED) is 0.360. The van der Waals surface area contributed by atoms with Crippen molar-refractivity contribution in [3.05, 3.63) is 107 Å². The minimum Gasteiger partial charge on any atom is -0.350 e. The summed E-state index contributed by atoms with van der Waals surface area (Å²) < 4.78 is 0. The molecule has 0 aliphatic rings. The maximum absolute atomic E-state index is 12.0. The van der Waals surface area contributed by atoms with E-state index in [2.05, 4.69) is 15.3 Å². The van der Waals surface area contributed by atoms with Gasteiger partial charge in [-0.25, -0.2) is 9.97 Å². The third kappa shape index (κ3) is 4.11. The lowest BCUT2D eigenvalue weighted by Gasteiger charge is -2.11. The number of aromatic nitrogens is 2. The fraction of sp³-hybridized carbons (Fsp3) is 0.0435. The van der Waals surface area contributed by atoms with E-state index in [1.165, 1.54) is 0 Å². The standard InChI is InChI=1S/C23H18N4O2/c28-27(29)22-20(18-12-6-2-7-13-18)25-23(24-16-17-10-4-1-5-11-17)26-21(22)19-14-8-3-9-15-19/h1-15H,16H2,(H,24,25,26). The predicted octanol–water partition coefficient (Wildman–Crippen LogP) is 5.33. The lowest BCUT2D eigenvalue weighted by atomic mass is 10.0. The number of nitrogens with one attached hydrogen (secondary N) is 1. The molecule has 0 fully saturated rings. The molecule has 3 aromatic carbocycles. The highest BCUT2D eigenvalue weighted by atomic mass is 16.6. The zero-order chi connectivity index (χ0) is 20.1. The normalized spacial score (nSPS) is 10.5. The van der Waals surface area contributed by atoms with Gasteiger partial charge in [-0.3, -0.25) is 10.1 Å². The molecule has 4 rings (SSSR count). The van der Waals surface area contributed by atoms with Crippen molar-refractivity contribution < 1.29 is 4.92 Å². The van der Waals surface area contributed by atoms with Crippen molar-refractivity contribution in [2.75, 3.05) is 5.32 Å². The maximum Gasteiger partial charge on any atom is 0.321 e. The van der Waals surface area contributed by atoms with Crippen molar-refractivity contribution >= 4 is 11.6 Å². The van der Waals surface area contributed by atoms with Gasteiger partial charge in [-0.2, -0.15) is 0 Å². The Balaban J connectivity index is 1.85. The van der Waals surface area contributed by atoms with E-state index in [9.17, 15) is 10.1 Å². The molecular weight excluding hydrogens is 364 g/mol. The molecule has 0 bridgehead atoms. The first-order valence-corrected chi connectivity index (χ1v) is 9.17. The summed E-state index contributed by atoms with van der Waals surface area (Å²) in [6.45, 7) is 0.515. The zero-order valence-corrected chi connectivity index (χ0v) is 15.5. The molecule has 29 heavy (non-hydrogen) atoms. The predicted molar refractivity (Wildman–Crippen MR) is 113 cm³/mol. The fourth-order valence-corrected chi connectivity index (χ4v) is 3.08. The number of nitro groups is 1. The Morgan fingerprint density at radius 1 is 0.724 bits per heavy atom. The molecular formula is C23H18N4O2. The second kappa shape index (κ2) is 8.31. The van der Waals surface area contributed by atoms with E-state index < -0.39 is 4.92 Å². The number of benzene rings is 3. The van der Waals surface area contributed by atoms with Crippen molar-refractivity contribution in [3.8, 4) is 22.5 Å². The second-order valence-corrected chi connectivity index (χ2v) is 6.42. The minimum atomic E-state index is -0.411. The van der Waals surface area contributed by atoms with E-state index >= 15 is 0 Å². The van der Waals surface area contributed by atoms with Crippen LogP contribution in [0.25, 0.3) is 22.5 Å². The first kappa shape index (κ1) is 18.3. The molecule has 4 aromatic rings. The first-order valence-electron chi connectivity index (χ1n) is 9.17. The van der Waals surface area contributed by atoms with Gasteiger partial charge in [0.1, 0.15) is 0 Å². The van der Waals surface area contributed by atoms with E-state index in [1.807, 2.05) is 91.0 Å². The van der Waals surface area contributed by atoms with Crippen molar-refractivity contribution in [1.82, 2.24) is 9.97 Å². The van der Waals surface area contributed by atoms with Crippen LogP contribution in [-0.2, 0) is 6.54 Å². The average Bonchev–Trinajstić information content (AvgIpc) is 2.79. The molecule has 1 N–H and O–H groups in total. The molecule has 6 nitrogen and oxygen atoms in total. The van der Waals surface area contributed by atoms with Crippen LogP contribution < -0.4 is 5.32 Å². The molecule has 0 aliphatic carbocycles. The van der Waals surface area contributed by atoms with Crippen LogP contribution in [0.4, 0.5) is 11.6 Å². The third-order valence-corrected chi connectivity index (χ3v) is 4.45. The Hall–Kier alpha value is -4.06. The average molecular weight is 382 g/mol. The van der Waals surface area contributed by atoms with Crippen molar-refractivity contribution in [3.63, 3.8) is 0 Å². The first-order chi connectivity index (χ1) is 14.2. The molecule has 0 saturated heterocycles. The molecule has 1 heterocycles. The summed E-state index contributed by atoms with van der Waals surface area (Å²) >= 11 is 0. The summed E-state index contributed by atoms with van der Waals surface area (Å²) in [5, 5.41) is 15.2. The van der Waals surface area contributed by atoms with Gasteiger partial charge in [-0.15, -0.1) is 0 Å². The number of hydrogen-bond donors (Lipinski definition) is 1. The largest absolute Gasteiger partial charge is 0.350 e. The second-order valence-electron chi connectivity index (χ2n) is 6.42. The summed E-state index contributed by atoms with van der Waals surface area (Å²) in [4.78, 5) is 20.6. The molecule has 0 aliphatic heterocycles. The molecule has 0 amide bonds. The van der Waals surface area contributed by atoms with E-state index in [0.29, 0.717) is 35.0 Å². The molecule has 0 saturated carbocycles.